The Morgan fingerprint density at radius 1 is 1.36 bits per heavy atom. The van der Waals surface area contributed by atoms with Crippen molar-refractivity contribution in [3.63, 3.8) is 0 Å². The summed E-state index contributed by atoms with van der Waals surface area (Å²) >= 11 is 5.58. The average molecular weight is 225 g/mol. The first kappa shape index (κ1) is 9.85. The van der Waals surface area contributed by atoms with Gasteiger partial charge in [0.05, 0.1) is 5.00 Å². The van der Waals surface area contributed by atoms with E-state index in [2.05, 4.69) is 12.6 Å². The molecular weight excluding hydrogens is 217 g/mol. The first-order valence-electron chi connectivity index (χ1n) is 3.96. The predicted molar refractivity (Wildman–Crippen MR) is 63.3 cm³/mol. The standard InChI is InChI=1S/C8H8BNO2S2/c10-7-3-4-6(14-7)2-1-5(13)8(4)9(11)12/h1-3,11-13H,10H2. The van der Waals surface area contributed by atoms with Crippen LogP contribution in [-0.4, -0.2) is 17.2 Å². The van der Waals surface area contributed by atoms with Crippen molar-refractivity contribution in [1.82, 2.24) is 0 Å². The lowest BCUT2D eigenvalue weighted by Gasteiger charge is -2.04. The van der Waals surface area contributed by atoms with Crippen LogP contribution in [0.15, 0.2) is 23.1 Å². The lowest BCUT2D eigenvalue weighted by atomic mass is 9.78. The lowest BCUT2D eigenvalue weighted by Crippen LogP contribution is -2.31. The summed E-state index contributed by atoms with van der Waals surface area (Å²) in [5.74, 6) is 0. The highest BCUT2D eigenvalue weighted by molar-refractivity contribution is 7.80. The molecule has 1 heterocycles. The Balaban J connectivity index is 2.82. The molecule has 0 atom stereocenters. The van der Waals surface area contributed by atoms with Crippen LogP contribution >= 0.6 is 24.0 Å². The molecule has 0 radical (unpaired) electrons. The smallest absolute Gasteiger partial charge is 0.423 e. The molecule has 72 valence electrons. The summed E-state index contributed by atoms with van der Waals surface area (Å²) in [6.45, 7) is 0. The van der Waals surface area contributed by atoms with E-state index in [9.17, 15) is 10.0 Å². The molecule has 0 spiro atoms. The highest BCUT2D eigenvalue weighted by Gasteiger charge is 2.19. The van der Waals surface area contributed by atoms with Crippen LogP contribution in [0.2, 0.25) is 0 Å². The normalized spacial score (nSPS) is 10.8. The molecule has 14 heavy (non-hydrogen) atoms. The number of fused-ring (bicyclic) bond motifs is 1. The Morgan fingerprint density at radius 2 is 2.07 bits per heavy atom. The van der Waals surface area contributed by atoms with Gasteiger partial charge in [-0.05, 0) is 23.6 Å². The molecule has 0 saturated heterocycles. The topological polar surface area (TPSA) is 66.5 Å². The summed E-state index contributed by atoms with van der Waals surface area (Å²) in [6, 6.07) is 5.33. The van der Waals surface area contributed by atoms with Crippen LogP contribution in [-0.2, 0) is 0 Å². The summed E-state index contributed by atoms with van der Waals surface area (Å²) in [4.78, 5) is 0.560. The minimum atomic E-state index is -1.51. The summed E-state index contributed by atoms with van der Waals surface area (Å²) < 4.78 is 0.934. The average Bonchev–Trinajstić information content (AvgIpc) is 2.43. The van der Waals surface area contributed by atoms with E-state index >= 15 is 0 Å². The molecule has 2 rings (SSSR count). The number of nitrogens with two attached hydrogens (primary N) is 1. The third kappa shape index (κ3) is 1.50. The predicted octanol–water partition coefficient (Wildman–Crippen LogP) is 0.452. The SMILES string of the molecule is Nc1cc2c(B(O)O)c(S)ccc2s1. The van der Waals surface area contributed by atoms with Crippen molar-refractivity contribution < 1.29 is 10.0 Å². The van der Waals surface area contributed by atoms with E-state index in [1.165, 1.54) is 11.3 Å². The summed E-state index contributed by atoms with van der Waals surface area (Å²) in [6.07, 6.45) is 0. The molecule has 0 saturated carbocycles. The zero-order valence-electron chi connectivity index (χ0n) is 7.14. The van der Waals surface area contributed by atoms with Gasteiger partial charge in [-0.3, -0.25) is 0 Å². The Bertz CT molecular complexity index is 483. The molecule has 0 amide bonds. The van der Waals surface area contributed by atoms with Gasteiger partial charge in [-0.25, -0.2) is 0 Å². The maximum Gasteiger partial charge on any atom is 0.490 e. The molecule has 0 aliphatic rings. The number of rotatable bonds is 1. The second-order valence-electron chi connectivity index (χ2n) is 2.93. The largest absolute Gasteiger partial charge is 0.490 e. The van der Waals surface area contributed by atoms with E-state index in [0.717, 1.165) is 10.1 Å². The number of thiol groups is 1. The first-order chi connectivity index (χ1) is 6.59. The lowest BCUT2D eigenvalue weighted by molar-refractivity contribution is 0.425. The molecular formula is C8H8BNO2S2. The van der Waals surface area contributed by atoms with E-state index in [-0.39, 0.29) is 0 Å². The van der Waals surface area contributed by atoms with E-state index in [1.54, 1.807) is 12.1 Å². The van der Waals surface area contributed by atoms with Crippen LogP contribution in [0.25, 0.3) is 10.1 Å². The number of anilines is 1. The highest BCUT2D eigenvalue weighted by atomic mass is 32.1. The van der Waals surface area contributed by atoms with Crippen molar-refractivity contribution in [1.29, 1.82) is 0 Å². The van der Waals surface area contributed by atoms with Crippen molar-refractivity contribution in [2.75, 3.05) is 5.73 Å². The van der Waals surface area contributed by atoms with Gasteiger partial charge in [-0.2, -0.15) is 0 Å². The van der Waals surface area contributed by atoms with E-state index in [4.69, 9.17) is 5.73 Å². The molecule has 4 N–H and O–H groups in total. The molecule has 6 heteroatoms. The Hall–Kier alpha value is -0.685. The summed E-state index contributed by atoms with van der Waals surface area (Å²) in [7, 11) is -1.51. The number of hydrogen-bond donors (Lipinski definition) is 4. The second-order valence-corrected chi connectivity index (χ2v) is 4.53. The molecule has 1 aromatic heterocycles. The fourth-order valence-corrected chi connectivity index (χ4v) is 2.57. The monoisotopic (exact) mass is 225 g/mol. The number of thiophene rings is 1. The van der Waals surface area contributed by atoms with Gasteiger partial charge in [0.1, 0.15) is 0 Å². The van der Waals surface area contributed by atoms with Crippen molar-refractivity contribution in [2.24, 2.45) is 0 Å². The van der Waals surface area contributed by atoms with Crippen molar-refractivity contribution >= 4 is 51.6 Å². The van der Waals surface area contributed by atoms with Gasteiger partial charge in [0.2, 0.25) is 0 Å². The van der Waals surface area contributed by atoms with Gasteiger partial charge in [0.25, 0.3) is 0 Å². The molecule has 0 bridgehead atoms. The fraction of sp³-hybridized carbons (Fsp3) is 0. The van der Waals surface area contributed by atoms with Gasteiger partial charge < -0.3 is 15.8 Å². The van der Waals surface area contributed by atoms with Crippen molar-refractivity contribution in [2.45, 2.75) is 4.90 Å². The Kier molecular flexibility index (Phi) is 2.44. The van der Waals surface area contributed by atoms with Crippen LogP contribution < -0.4 is 11.2 Å². The van der Waals surface area contributed by atoms with Crippen LogP contribution in [0.4, 0.5) is 5.00 Å². The van der Waals surface area contributed by atoms with Gasteiger partial charge in [0.15, 0.2) is 0 Å². The molecule has 0 fully saturated rings. The van der Waals surface area contributed by atoms with Gasteiger partial charge >= 0.3 is 7.12 Å². The van der Waals surface area contributed by atoms with Gasteiger partial charge in [-0.1, -0.05) is 0 Å². The molecule has 0 aliphatic heterocycles. The third-order valence-electron chi connectivity index (χ3n) is 2.00. The third-order valence-corrected chi connectivity index (χ3v) is 3.32. The minimum Gasteiger partial charge on any atom is -0.423 e. The maximum atomic E-state index is 9.18. The van der Waals surface area contributed by atoms with Crippen molar-refractivity contribution in [3.8, 4) is 0 Å². The fourth-order valence-electron chi connectivity index (χ4n) is 1.41. The Labute approximate surface area is 90.7 Å². The molecule has 3 nitrogen and oxygen atoms in total. The quantitative estimate of drug-likeness (QED) is 0.421. The van der Waals surface area contributed by atoms with Crippen LogP contribution in [0.3, 0.4) is 0 Å². The van der Waals surface area contributed by atoms with Crippen molar-refractivity contribution in [3.05, 3.63) is 18.2 Å². The Morgan fingerprint density at radius 3 is 2.71 bits per heavy atom. The molecule has 0 unspecified atom stereocenters. The zero-order valence-corrected chi connectivity index (χ0v) is 8.85. The van der Waals surface area contributed by atoms with Gasteiger partial charge in [-0.15, -0.1) is 24.0 Å². The van der Waals surface area contributed by atoms with Gasteiger partial charge in [0, 0.05) is 15.1 Å². The van der Waals surface area contributed by atoms with Crippen LogP contribution in [0.5, 0.6) is 0 Å². The van der Waals surface area contributed by atoms with E-state index in [0.29, 0.717) is 15.4 Å². The van der Waals surface area contributed by atoms with Crippen LogP contribution in [0, 0.1) is 0 Å². The summed E-state index contributed by atoms with van der Waals surface area (Å²) in [5, 5.41) is 19.8. The number of nitrogen functional groups attached to an aromatic ring is 1. The number of hydrogen-bond acceptors (Lipinski definition) is 5. The molecule has 2 aromatic rings. The second kappa shape index (κ2) is 3.47. The molecule has 1 aromatic carbocycles. The van der Waals surface area contributed by atoms with Crippen LogP contribution in [0.1, 0.15) is 0 Å². The zero-order chi connectivity index (χ0) is 10.3. The maximum absolute atomic E-state index is 9.18. The molecule has 0 aliphatic carbocycles. The first-order valence-corrected chi connectivity index (χ1v) is 5.23. The number of benzene rings is 1. The minimum absolute atomic E-state index is 0.416. The summed E-state index contributed by atoms with van der Waals surface area (Å²) in [5.41, 5.74) is 6.06. The highest BCUT2D eigenvalue weighted by Crippen LogP contribution is 2.27. The van der Waals surface area contributed by atoms with E-state index < -0.39 is 7.12 Å². The van der Waals surface area contributed by atoms with E-state index in [1.807, 2.05) is 6.07 Å².